The van der Waals surface area contributed by atoms with Crippen molar-refractivity contribution in [3.8, 4) is 0 Å². The first kappa shape index (κ1) is 24.9. The summed E-state index contributed by atoms with van der Waals surface area (Å²) >= 11 is 0. The molecule has 2 heteroatoms. The maximum absolute atomic E-state index is 2.40. The van der Waals surface area contributed by atoms with Crippen molar-refractivity contribution in [1.29, 1.82) is 0 Å². The van der Waals surface area contributed by atoms with Gasteiger partial charge >= 0.3 is 0 Å². The number of rotatable bonds is 16. The Bertz CT molecular complexity index is 366. The quantitative estimate of drug-likeness (QED) is 0.284. The lowest BCUT2D eigenvalue weighted by Gasteiger charge is -2.04. The van der Waals surface area contributed by atoms with E-state index in [1.54, 1.807) is 0 Å². The zero-order valence-corrected chi connectivity index (χ0v) is 18.4. The van der Waals surface area contributed by atoms with Crippen LogP contribution in [0.3, 0.4) is 0 Å². The first-order valence-corrected chi connectivity index (χ1v) is 12.3. The van der Waals surface area contributed by atoms with Crippen LogP contribution >= 0.6 is 0 Å². The van der Waals surface area contributed by atoms with Crippen LogP contribution in [0.1, 0.15) is 96.8 Å². The minimum Gasteiger partial charge on any atom is -1.00 e. The van der Waals surface area contributed by atoms with Crippen LogP contribution in [0, 0.1) is 0 Å². The molecule has 0 bridgehead atoms. The largest absolute Gasteiger partial charge is 1.00 e. The molecule has 0 aromatic heterocycles. The summed E-state index contributed by atoms with van der Waals surface area (Å²) in [6.07, 6.45) is 22.7. The van der Waals surface area contributed by atoms with Crippen LogP contribution in [0.15, 0.2) is 35.2 Å². The number of benzene rings is 1. The Labute approximate surface area is 167 Å². The summed E-state index contributed by atoms with van der Waals surface area (Å²) < 4.78 is 0. The molecule has 1 atom stereocenters. The van der Waals surface area contributed by atoms with Gasteiger partial charge in [-0.25, -0.2) is 0 Å². The molecule has 0 nitrogen and oxygen atoms in total. The number of unbranched alkanes of at least 4 members (excludes halogenated alkanes) is 13. The molecule has 0 saturated heterocycles. The summed E-state index contributed by atoms with van der Waals surface area (Å²) in [6.45, 7) is 2.30. The van der Waals surface area contributed by atoms with E-state index < -0.39 is 0 Å². The molecule has 0 spiro atoms. The summed E-state index contributed by atoms with van der Waals surface area (Å²) in [5, 5.41) is 0. The Morgan fingerprint density at radius 3 is 1.44 bits per heavy atom. The summed E-state index contributed by atoms with van der Waals surface area (Å²) in [5.74, 6) is 1.38. The molecule has 0 N–H and O–H groups in total. The SMILES string of the molecule is CCCCCCCCCCCCCCCC[S+](C)c1ccccc1.[Cl-]. The Hall–Kier alpha value is -0.140. The second kappa shape index (κ2) is 18.6. The van der Waals surface area contributed by atoms with E-state index in [1.165, 1.54) is 101 Å². The molecule has 1 unspecified atom stereocenters. The van der Waals surface area contributed by atoms with E-state index in [-0.39, 0.29) is 12.4 Å². The van der Waals surface area contributed by atoms with Crippen LogP contribution in [0.4, 0.5) is 0 Å². The van der Waals surface area contributed by atoms with Crippen molar-refractivity contribution in [1.82, 2.24) is 0 Å². The van der Waals surface area contributed by atoms with E-state index in [9.17, 15) is 0 Å². The van der Waals surface area contributed by atoms with Crippen molar-refractivity contribution in [3.63, 3.8) is 0 Å². The minimum atomic E-state index is 0. The molecule has 25 heavy (non-hydrogen) atoms. The van der Waals surface area contributed by atoms with Crippen molar-refractivity contribution in [2.45, 2.75) is 102 Å². The molecule has 0 heterocycles. The van der Waals surface area contributed by atoms with E-state index >= 15 is 0 Å². The van der Waals surface area contributed by atoms with E-state index in [2.05, 4.69) is 43.5 Å². The van der Waals surface area contributed by atoms with E-state index in [1.807, 2.05) is 0 Å². The van der Waals surface area contributed by atoms with Crippen LogP contribution < -0.4 is 12.4 Å². The average molecular weight is 385 g/mol. The second-order valence-electron chi connectivity index (χ2n) is 7.25. The topological polar surface area (TPSA) is 0 Å². The van der Waals surface area contributed by atoms with E-state index in [4.69, 9.17) is 0 Å². The molecule has 1 aromatic carbocycles. The number of hydrogen-bond donors (Lipinski definition) is 0. The van der Waals surface area contributed by atoms with Gasteiger partial charge < -0.3 is 12.4 Å². The van der Waals surface area contributed by atoms with Gasteiger partial charge in [0.15, 0.2) is 4.90 Å². The zero-order valence-electron chi connectivity index (χ0n) is 16.8. The first-order valence-electron chi connectivity index (χ1n) is 10.5. The van der Waals surface area contributed by atoms with Crippen molar-refractivity contribution >= 4 is 10.9 Å². The van der Waals surface area contributed by atoms with E-state index in [0.717, 1.165) is 0 Å². The molecule has 1 rings (SSSR count). The van der Waals surface area contributed by atoms with Crippen LogP contribution in [0.2, 0.25) is 0 Å². The van der Waals surface area contributed by atoms with Gasteiger partial charge in [-0.15, -0.1) is 0 Å². The van der Waals surface area contributed by atoms with Gasteiger partial charge in [-0.1, -0.05) is 102 Å². The third-order valence-electron chi connectivity index (χ3n) is 4.95. The highest BCUT2D eigenvalue weighted by Crippen LogP contribution is 2.15. The Balaban J connectivity index is 0.00000576. The van der Waals surface area contributed by atoms with Crippen LogP contribution in [0.5, 0.6) is 0 Å². The molecule has 146 valence electrons. The third-order valence-corrected chi connectivity index (χ3v) is 6.93. The molecule has 1 aromatic rings. The fourth-order valence-corrected chi connectivity index (χ4v) is 4.78. The lowest BCUT2D eigenvalue weighted by atomic mass is 10.0. The predicted molar refractivity (Wildman–Crippen MR) is 113 cm³/mol. The zero-order chi connectivity index (χ0) is 17.3. The average Bonchev–Trinajstić information content (AvgIpc) is 2.62. The third kappa shape index (κ3) is 14.7. The molecule has 0 aliphatic rings. The molecular formula is C23H41ClS. The van der Waals surface area contributed by atoms with Crippen molar-refractivity contribution in [2.24, 2.45) is 0 Å². The summed E-state index contributed by atoms with van der Waals surface area (Å²) in [5.41, 5.74) is 0. The molecule has 0 saturated carbocycles. The van der Waals surface area contributed by atoms with Gasteiger partial charge in [-0.05, 0) is 25.0 Å². The van der Waals surface area contributed by atoms with Crippen LogP contribution in [-0.4, -0.2) is 12.0 Å². The highest BCUT2D eigenvalue weighted by atomic mass is 35.5. The van der Waals surface area contributed by atoms with Gasteiger partial charge in [0, 0.05) is 10.9 Å². The second-order valence-corrected chi connectivity index (χ2v) is 9.40. The minimum absolute atomic E-state index is 0. The summed E-state index contributed by atoms with van der Waals surface area (Å²) in [6, 6.07) is 11.0. The van der Waals surface area contributed by atoms with Crippen molar-refractivity contribution in [2.75, 3.05) is 12.0 Å². The normalized spacial score (nSPS) is 11.9. The summed E-state index contributed by atoms with van der Waals surface area (Å²) in [7, 11) is 0.450. The fourth-order valence-electron chi connectivity index (χ4n) is 3.28. The van der Waals surface area contributed by atoms with Gasteiger partial charge in [0.05, 0.1) is 0 Å². The smallest absolute Gasteiger partial charge is 0.154 e. The maximum atomic E-state index is 2.40. The van der Waals surface area contributed by atoms with Crippen LogP contribution in [0.25, 0.3) is 0 Å². The lowest BCUT2D eigenvalue weighted by molar-refractivity contribution is -0.00000526. The van der Waals surface area contributed by atoms with Crippen molar-refractivity contribution in [3.05, 3.63) is 30.3 Å². The van der Waals surface area contributed by atoms with Gasteiger partial charge in [-0.3, -0.25) is 0 Å². The fraction of sp³-hybridized carbons (Fsp3) is 0.739. The number of halogens is 1. The molecule has 0 radical (unpaired) electrons. The monoisotopic (exact) mass is 384 g/mol. The van der Waals surface area contributed by atoms with Gasteiger partial charge in [0.25, 0.3) is 0 Å². The van der Waals surface area contributed by atoms with E-state index in [0.29, 0.717) is 10.9 Å². The van der Waals surface area contributed by atoms with Crippen molar-refractivity contribution < 1.29 is 12.4 Å². The lowest BCUT2D eigenvalue weighted by Crippen LogP contribution is -3.00. The molecule has 0 aliphatic heterocycles. The Morgan fingerprint density at radius 2 is 1.00 bits per heavy atom. The maximum Gasteiger partial charge on any atom is 0.154 e. The molecule has 0 amide bonds. The molecular weight excluding hydrogens is 344 g/mol. The molecule has 0 aliphatic carbocycles. The van der Waals surface area contributed by atoms with Gasteiger partial charge in [0.1, 0.15) is 12.0 Å². The number of hydrogen-bond acceptors (Lipinski definition) is 0. The standard InChI is InChI=1S/C23H41S.ClH/c1-3-4-5-6-7-8-9-10-11-12-13-14-15-19-22-24(2)23-20-17-16-18-21-23;/h16-18,20-21H,3-15,19,22H2,1-2H3;1H/q+1;/p-1. The highest BCUT2D eigenvalue weighted by Gasteiger charge is 2.13. The predicted octanol–water partition coefficient (Wildman–Crippen LogP) is 4.78. The van der Waals surface area contributed by atoms with Crippen LogP contribution in [-0.2, 0) is 10.9 Å². The Kier molecular flexibility index (Phi) is 18.5. The molecule has 0 fully saturated rings. The summed E-state index contributed by atoms with van der Waals surface area (Å²) in [4.78, 5) is 1.53. The Morgan fingerprint density at radius 1 is 0.600 bits per heavy atom. The van der Waals surface area contributed by atoms with Gasteiger partial charge in [0.2, 0.25) is 0 Å². The van der Waals surface area contributed by atoms with Gasteiger partial charge in [-0.2, -0.15) is 0 Å². The highest BCUT2D eigenvalue weighted by molar-refractivity contribution is 7.96. The first-order chi connectivity index (χ1) is 11.8.